The van der Waals surface area contributed by atoms with E-state index in [1.807, 2.05) is 13.8 Å². The number of rotatable bonds is 1. The molecule has 2 fully saturated rings. The summed E-state index contributed by atoms with van der Waals surface area (Å²) in [5.74, 6) is 2.23. The van der Waals surface area contributed by atoms with Crippen LogP contribution in [0.5, 0.6) is 0 Å². The van der Waals surface area contributed by atoms with Crippen molar-refractivity contribution in [2.24, 2.45) is 23.5 Å². The number of carboxylic acids is 1. The second-order valence-corrected chi connectivity index (χ2v) is 4.11. The first-order chi connectivity index (χ1) is 7.15. The molecule has 3 unspecified atom stereocenters. The van der Waals surface area contributed by atoms with E-state index in [1.165, 1.54) is 25.7 Å². The monoisotopic (exact) mass is 215 g/mol. The van der Waals surface area contributed by atoms with Crippen molar-refractivity contribution in [1.29, 1.82) is 0 Å². The number of carbonyl (C=O) groups is 1. The highest BCUT2D eigenvalue weighted by molar-refractivity contribution is 5.62. The zero-order chi connectivity index (χ0) is 11.8. The van der Waals surface area contributed by atoms with Crippen LogP contribution in [0.15, 0.2) is 0 Å². The summed E-state index contributed by atoms with van der Waals surface area (Å²) in [7, 11) is 0. The van der Waals surface area contributed by atoms with Gasteiger partial charge in [-0.25, -0.2) is 0 Å². The van der Waals surface area contributed by atoms with Gasteiger partial charge in [0.2, 0.25) is 0 Å². The fourth-order valence-corrected chi connectivity index (χ4v) is 2.62. The maximum atomic E-state index is 9.00. The molecule has 0 radical (unpaired) electrons. The van der Waals surface area contributed by atoms with Crippen LogP contribution in [0, 0.1) is 17.8 Å². The highest BCUT2D eigenvalue weighted by atomic mass is 16.4. The lowest BCUT2D eigenvalue weighted by atomic mass is 9.67. The van der Waals surface area contributed by atoms with Crippen LogP contribution in [-0.2, 0) is 4.79 Å². The maximum Gasteiger partial charge on any atom is 0.300 e. The number of nitrogens with two attached hydrogens (primary N) is 1. The second-order valence-electron chi connectivity index (χ2n) is 4.11. The third-order valence-corrected chi connectivity index (χ3v) is 3.23. The average Bonchev–Trinajstić information content (AvgIpc) is 2.51. The number of hydrogen-bond donors (Lipinski definition) is 2. The van der Waals surface area contributed by atoms with Gasteiger partial charge in [0, 0.05) is 6.92 Å². The van der Waals surface area contributed by atoms with Gasteiger partial charge in [-0.1, -0.05) is 26.7 Å². The Bertz CT molecular complexity index is 178. The highest BCUT2D eigenvalue weighted by Crippen LogP contribution is 2.50. The fourth-order valence-electron chi connectivity index (χ4n) is 2.62. The first kappa shape index (κ1) is 14.4. The van der Waals surface area contributed by atoms with E-state index in [0.717, 1.165) is 31.2 Å². The Hall–Kier alpha value is -0.570. The summed E-state index contributed by atoms with van der Waals surface area (Å²) in [5, 5.41) is 7.42. The molecule has 3 nitrogen and oxygen atoms in total. The summed E-state index contributed by atoms with van der Waals surface area (Å²) in [6.07, 6.45) is 5.90. The van der Waals surface area contributed by atoms with Crippen LogP contribution in [0.2, 0.25) is 0 Å². The van der Waals surface area contributed by atoms with E-state index in [2.05, 4.69) is 0 Å². The van der Waals surface area contributed by atoms with Gasteiger partial charge < -0.3 is 10.8 Å². The molecule has 3 atom stereocenters. The zero-order valence-electron chi connectivity index (χ0n) is 10.2. The topological polar surface area (TPSA) is 63.3 Å². The van der Waals surface area contributed by atoms with E-state index >= 15 is 0 Å². The molecule has 0 aromatic carbocycles. The molecule has 2 aliphatic carbocycles. The van der Waals surface area contributed by atoms with E-state index in [-0.39, 0.29) is 0 Å². The predicted octanol–water partition coefficient (Wildman–Crippen LogP) is 2.50. The summed E-state index contributed by atoms with van der Waals surface area (Å²) in [4.78, 5) is 9.00. The fraction of sp³-hybridized carbons (Fsp3) is 0.917. The van der Waals surface area contributed by atoms with Crippen molar-refractivity contribution in [3.63, 3.8) is 0 Å². The molecular formula is C12H25NO2. The van der Waals surface area contributed by atoms with Crippen molar-refractivity contribution in [3.05, 3.63) is 0 Å². The summed E-state index contributed by atoms with van der Waals surface area (Å²) >= 11 is 0. The lowest BCUT2D eigenvalue weighted by molar-refractivity contribution is -0.134. The molecule has 15 heavy (non-hydrogen) atoms. The van der Waals surface area contributed by atoms with Gasteiger partial charge in [0.1, 0.15) is 0 Å². The molecular weight excluding hydrogens is 190 g/mol. The van der Waals surface area contributed by atoms with Crippen molar-refractivity contribution in [3.8, 4) is 0 Å². The van der Waals surface area contributed by atoms with Crippen molar-refractivity contribution in [2.45, 2.75) is 46.5 Å². The minimum Gasteiger partial charge on any atom is -0.481 e. The first-order valence-corrected chi connectivity index (χ1v) is 6.04. The van der Waals surface area contributed by atoms with E-state index in [4.69, 9.17) is 15.6 Å². The molecule has 3 heteroatoms. The molecule has 2 saturated carbocycles. The number of carboxylic acid groups (broad SMARTS) is 1. The lowest BCUT2D eigenvalue weighted by Gasteiger charge is -2.39. The van der Waals surface area contributed by atoms with Gasteiger partial charge in [-0.15, -0.1) is 0 Å². The molecule has 0 bridgehead atoms. The third-order valence-electron chi connectivity index (χ3n) is 3.23. The minimum absolute atomic E-state index is 0.833. The Morgan fingerprint density at radius 1 is 1.40 bits per heavy atom. The summed E-state index contributed by atoms with van der Waals surface area (Å²) in [6, 6.07) is 0. The zero-order valence-corrected chi connectivity index (χ0v) is 10.2. The van der Waals surface area contributed by atoms with E-state index < -0.39 is 5.97 Å². The van der Waals surface area contributed by atoms with Gasteiger partial charge in [0.25, 0.3) is 5.97 Å². The summed E-state index contributed by atoms with van der Waals surface area (Å²) in [5.41, 5.74) is 5.59. The predicted molar refractivity (Wildman–Crippen MR) is 62.7 cm³/mol. The van der Waals surface area contributed by atoms with Crippen molar-refractivity contribution in [1.82, 2.24) is 0 Å². The molecule has 0 amide bonds. The first-order valence-electron chi connectivity index (χ1n) is 6.04. The van der Waals surface area contributed by atoms with Crippen LogP contribution >= 0.6 is 0 Å². The molecule has 0 heterocycles. The standard InChI is InChI=1S/C8H15N.C2H4O2.C2H6/c9-5-7-4-6-2-1-3-8(6)7;1-2(3)4;1-2/h6-8H,1-5,9H2;1H3,(H,3,4);1-2H3. The van der Waals surface area contributed by atoms with Crippen LogP contribution in [0.25, 0.3) is 0 Å². The van der Waals surface area contributed by atoms with Crippen LogP contribution in [0.3, 0.4) is 0 Å². The summed E-state index contributed by atoms with van der Waals surface area (Å²) in [6.45, 7) is 6.03. The van der Waals surface area contributed by atoms with Gasteiger partial charge in [-0.3, -0.25) is 4.79 Å². The molecule has 90 valence electrons. The van der Waals surface area contributed by atoms with Crippen LogP contribution in [0.4, 0.5) is 0 Å². The van der Waals surface area contributed by atoms with E-state index in [9.17, 15) is 0 Å². The molecule has 3 N–H and O–H groups in total. The summed E-state index contributed by atoms with van der Waals surface area (Å²) < 4.78 is 0. The van der Waals surface area contributed by atoms with Gasteiger partial charge in [0.05, 0.1) is 0 Å². The van der Waals surface area contributed by atoms with Crippen LogP contribution in [-0.4, -0.2) is 17.6 Å². The number of fused-ring (bicyclic) bond motifs is 1. The van der Waals surface area contributed by atoms with E-state index in [1.54, 1.807) is 0 Å². The molecule has 0 saturated heterocycles. The molecule has 0 spiro atoms. The third kappa shape index (κ3) is 4.65. The lowest BCUT2D eigenvalue weighted by Crippen LogP contribution is -2.37. The van der Waals surface area contributed by atoms with Gasteiger partial charge >= 0.3 is 0 Å². The highest BCUT2D eigenvalue weighted by Gasteiger charge is 2.42. The number of hydrogen-bond acceptors (Lipinski definition) is 2. The molecule has 0 aliphatic heterocycles. The SMILES string of the molecule is CC.CC(=O)O.NCC1CC2CCCC12. The minimum atomic E-state index is -0.833. The normalized spacial score (nSPS) is 31.1. The largest absolute Gasteiger partial charge is 0.481 e. The molecule has 0 aromatic heterocycles. The van der Waals surface area contributed by atoms with E-state index in [0.29, 0.717) is 0 Å². The Morgan fingerprint density at radius 3 is 2.33 bits per heavy atom. The maximum absolute atomic E-state index is 9.00. The van der Waals surface area contributed by atoms with Crippen LogP contribution < -0.4 is 5.73 Å². The molecule has 2 rings (SSSR count). The Kier molecular flexibility index (Phi) is 7.39. The molecule has 2 aliphatic rings. The van der Waals surface area contributed by atoms with Gasteiger partial charge in [-0.2, -0.15) is 0 Å². The quantitative estimate of drug-likeness (QED) is 0.706. The van der Waals surface area contributed by atoms with Crippen molar-refractivity contribution >= 4 is 5.97 Å². The smallest absolute Gasteiger partial charge is 0.300 e. The van der Waals surface area contributed by atoms with Gasteiger partial charge in [-0.05, 0) is 37.1 Å². The van der Waals surface area contributed by atoms with Crippen LogP contribution in [0.1, 0.15) is 46.5 Å². The Balaban J connectivity index is 0.000000282. The van der Waals surface area contributed by atoms with Gasteiger partial charge in [0.15, 0.2) is 0 Å². The Morgan fingerprint density at radius 2 is 1.93 bits per heavy atom. The number of aliphatic carboxylic acids is 1. The second kappa shape index (κ2) is 7.69. The average molecular weight is 215 g/mol. The van der Waals surface area contributed by atoms with Crippen molar-refractivity contribution in [2.75, 3.05) is 6.54 Å². The van der Waals surface area contributed by atoms with Crippen molar-refractivity contribution < 1.29 is 9.90 Å². The Labute approximate surface area is 93.0 Å². The molecule has 0 aromatic rings.